The second-order valence-electron chi connectivity index (χ2n) is 10.1. The molecule has 2 unspecified atom stereocenters. The highest BCUT2D eigenvalue weighted by Crippen LogP contribution is 2.31. The van der Waals surface area contributed by atoms with Gasteiger partial charge in [-0.2, -0.15) is 0 Å². The molecule has 0 saturated carbocycles. The first-order chi connectivity index (χ1) is 16.8. The maximum atomic E-state index is 13.9. The SMILES string of the molecule is C=CCN(C(=O)C(C)NC(=O)OC(C)(C)C)C(C(=O)Nc1c(C)cccc1C)c1c(C)cccc1C. The van der Waals surface area contributed by atoms with Gasteiger partial charge in [-0.15, -0.1) is 6.58 Å². The number of carbonyl (C=O) groups excluding carboxylic acids is 3. The van der Waals surface area contributed by atoms with Gasteiger partial charge in [-0.1, -0.05) is 42.5 Å². The predicted molar refractivity (Wildman–Crippen MR) is 144 cm³/mol. The van der Waals surface area contributed by atoms with E-state index in [0.717, 1.165) is 27.8 Å². The van der Waals surface area contributed by atoms with Crippen molar-refractivity contribution in [1.29, 1.82) is 0 Å². The number of benzene rings is 2. The van der Waals surface area contributed by atoms with E-state index in [1.165, 1.54) is 4.90 Å². The van der Waals surface area contributed by atoms with Gasteiger partial charge >= 0.3 is 6.09 Å². The van der Waals surface area contributed by atoms with E-state index in [1.54, 1.807) is 33.8 Å². The third-order valence-electron chi connectivity index (χ3n) is 5.82. The third-order valence-corrected chi connectivity index (χ3v) is 5.82. The van der Waals surface area contributed by atoms with Gasteiger partial charge in [-0.25, -0.2) is 4.79 Å². The maximum Gasteiger partial charge on any atom is 0.408 e. The summed E-state index contributed by atoms with van der Waals surface area (Å²) < 4.78 is 5.31. The van der Waals surface area contributed by atoms with E-state index in [-0.39, 0.29) is 12.5 Å². The molecule has 2 N–H and O–H groups in total. The highest BCUT2D eigenvalue weighted by atomic mass is 16.6. The van der Waals surface area contributed by atoms with Gasteiger partial charge in [0, 0.05) is 12.2 Å². The molecule has 0 bridgehead atoms. The fraction of sp³-hybridized carbons (Fsp3) is 0.414. The zero-order chi connectivity index (χ0) is 27.2. The molecule has 0 fully saturated rings. The molecule has 0 spiro atoms. The summed E-state index contributed by atoms with van der Waals surface area (Å²) in [6, 6.07) is 9.66. The first-order valence-electron chi connectivity index (χ1n) is 12.1. The molecule has 2 rings (SSSR count). The third kappa shape index (κ3) is 7.20. The molecule has 2 aromatic carbocycles. The van der Waals surface area contributed by atoms with Crippen molar-refractivity contribution in [3.05, 3.63) is 76.9 Å². The highest BCUT2D eigenvalue weighted by molar-refractivity contribution is 6.00. The number of nitrogens with one attached hydrogen (secondary N) is 2. The number of ether oxygens (including phenoxy) is 1. The summed E-state index contributed by atoms with van der Waals surface area (Å²) in [5, 5.41) is 5.66. The summed E-state index contributed by atoms with van der Waals surface area (Å²) in [6.45, 7) is 18.4. The topological polar surface area (TPSA) is 87.7 Å². The molecule has 194 valence electrons. The van der Waals surface area contributed by atoms with Gasteiger partial charge in [0.15, 0.2) is 0 Å². The number of alkyl carbamates (subject to hydrolysis) is 1. The zero-order valence-electron chi connectivity index (χ0n) is 22.7. The minimum Gasteiger partial charge on any atom is -0.444 e. The van der Waals surface area contributed by atoms with Crippen molar-refractivity contribution in [2.24, 2.45) is 0 Å². The second-order valence-corrected chi connectivity index (χ2v) is 10.1. The maximum absolute atomic E-state index is 13.9. The van der Waals surface area contributed by atoms with Crippen LogP contribution < -0.4 is 10.6 Å². The van der Waals surface area contributed by atoms with Crippen LogP contribution in [0.4, 0.5) is 10.5 Å². The summed E-state index contributed by atoms with van der Waals surface area (Å²) in [4.78, 5) is 41.4. The largest absolute Gasteiger partial charge is 0.444 e. The Bertz CT molecular complexity index is 1090. The normalized spacial score (nSPS) is 12.8. The Morgan fingerprint density at radius 3 is 1.94 bits per heavy atom. The fourth-order valence-electron chi connectivity index (χ4n) is 4.15. The van der Waals surface area contributed by atoms with Crippen molar-refractivity contribution in [3.63, 3.8) is 0 Å². The van der Waals surface area contributed by atoms with Crippen LogP contribution in [0.3, 0.4) is 0 Å². The minimum absolute atomic E-state index is 0.109. The second kappa shape index (κ2) is 11.9. The van der Waals surface area contributed by atoms with Gasteiger partial charge in [0.25, 0.3) is 5.91 Å². The van der Waals surface area contributed by atoms with Crippen molar-refractivity contribution in [2.45, 2.75) is 73.1 Å². The van der Waals surface area contributed by atoms with Gasteiger partial charge < -0.3 is 20.3 Å². The predicted octanol–water partition coefficient (Wildman–Crippen LogP) is 5.53. The summed E-state index contributed by atoms with van der Waals surface area (Å²) in [6.07, 6.45) is 0.871. The molecule has 0 aliphatic carbocycles. The van der Waals surface area contributed by atoms with E-state index >= 15 is 0 Å². The number of carbonyl (C=O) groups is 3. The highest BCUT2D eigenvalue weighted by Gasteiger charge is 2.36. The Kier molecular flexibility index (Phi) is 9.45. The first-order valence-corrected chi connectivity index (χ1v) is 12.1. The average Bonchev–Trinajstić information content (AvgIpc) is 2.75. The Morgan fingerprint density at radius 2 is 1.47 bits per heavy atom. The molecule has 7 heteroatoms. The van der Waals surface area contributed by atoms with E-state index in [0.29, 0.717) is 5.69 Å². The van der Waals surface area contributed by atoms with E-state index in [2.05, 4.69) is 17.2 Å². The molecule has 0 aromatic heterocycles. The Balaban J connectivity index is 2.52. The van der Waals surface area contributed by atoms with Crippen LogP contribution in [0, 0.1) is 27.7 Å². The van der Waals surface area contributed by atoms with Crippen LogP contribution in [0.25, 0.3) is 0 Å². The molecular weight excluding hydrogens is 454 g/mol. The van der Waals surface area contributed by atoms with E-state index < -0.39 is 29.7 Å². The summed E-state index contributed by atoms with van der Waals surface area (Å²) in [7, 11) is 0. The van der Waals surface area contributed by atoms with Crippen molar-refractivity contribution >= 4 is 23.6 Å². The van der Waals surface area contributed by atoms with Crippen molar-refractivity contribution in [1.82, 2.24) is 10.2 Å². The van der Waals surface area contributed by atoms with Crippen molar-refractivity contribution < 1.29 is 19.1 Å². The molecular formula is C29H39N3O4. The number of amides is 3. The summed E-state index contributed by atoms with van der Waals surface area (Å²) in [5.74, 6) is -0.769. The van der Waals surface area contributed by atoms with Gasteiger partial charge in [0.2, 0.25) is 5.91 Å². The summed E-state index contributed by atoms with van der Waals surface area (Å²) in [5.41, 5.74) is 4.35. The average molecular weight is 494 g/mol. The number of nitrogens with zero attached hydrogens (tertiary/aromatic N) is 1. The van der Waals surface area contributed by atoms with Crippen molar-refractivity contribution in [2.75, 3.05) is 11.9 Å². The van der Waals surface area contributed by atoms with Crippen LogP contribution in [0.5, 0.6) is 0 Å². The Morgan fingerprint density at radius 1 is 0.972 bits per heavy atom. The fourth-order valence-corrected chi connectivity index (χ4v) is 4.15. The number of para-hydroxylation sites is 1. The number of aryl methyl sites for hydroxylation is 4. The first kappa shape index (κ1) is 28.6. The monoisotopic (exact) mass is 493 g/mol. The van der Waals surface area contributed by atoms with Crippen LogP contribution in [0.1, 0.15) is 61.6 Å². The van der Waals surface area contributed by atoms with Crippen LogP contribution in [-0.2, 0) is 14.3 Å². The summed E-state index contributed by atoms with van der Waals surface area (Å²) >= 11 is 0. The molecule has 0 heterocycles. The molecule has 0 saturated heterocycles. The molecule has 7 nitrogen and oxygen atoms in total. The van der Waals surface area contributed by atoms with Crippen LogP contribution in [0.15, 0.2) is 49.1 Å². The molecule has 0 aliphatic heterocycles. The molecule has 2 aromatic rings. The molecule has 36 heavy (non-hydrogen) atoms. The smallest absolute Gasteiger partial charge is 0.408 e. The minimum atomic E-state index is -0.946. The lowest BCUT2D eigenvalue weighted by Gasteiger charge is -2.34. The van der Waals surface area contributed by atoms with Gasteiger partial charge in [0.05, 0.1) is 0 Å². The Labute approximate surface area is 214 Å². The standard InChI is InChI=1S/C29H39N3O4/c1-10-17-32(27(34)22(6)30-28(35)36-29(7,8)9)25(23-18(2)13-11-14-19(23)3)26(33)31-24-20(4)15-12-16-21(24)5/h10-16,22,25H,1,17H2,2-9H3,(H,30,35)(H,31,33). The number of rotatable bonds is 8. The molecule has 0 radical (unpaired) electrons. The zero-order valence-corrected chi connectivity index (χ0v) is 22.7. The number of hydrogen-bond acceptors (Lipinski definition) is 4. The van der Waals surface area contributed by atoms with Gasteiger partial charge in [-0.05, 0) is 83.2 Å². The van der Waals surface area contributed by atoms with Crippen molar-refractivity contribution in [3.8, 4) is 0 Å². The molecule has 2 atom stereocenters. The number of anilines is 1. The van der Waals surface area contributed by atoms with Crippen LogP contribution in [0.2, 0.25) is 0 Å². The van der Waals surface area contributed by atoms with E-state index in [1.807, 2.05) is 64.1 Å². The lowest BCUT2D eigenvalue weighted by molar-refractivity contribution is -0.139. The van der Waals surface area contributed by atoms with Gasteiger partial charge in [0.1, 0.15) is 17.7 Å². The lowest BCUT2D eigenvalue weighted by atomic mass is 9.93. The van der Waals surface area contributed by atoms with E-state index in [4.69, 9.17) is 4.74 Å². The lowest BCUT2D eigenvalue weighted by Crippen LogP contribution is -2.51. The van der Waals surface area contributed by atoms with Crippen LogP contribution >= 0.6 is 0 Å². The number of hydrogen-bond donors (Lipinski definition) is 2. The Hall–Kier alpha value is -3.61. The van der Waals surface area contributed by atoms with Gasteiger partial charge in [-0.3, -0.25) is 9.59 Å². The molecule has 3 amide bonds. The van der Waals surface area contributed by atoms with E-state index in [9.17, 15) is 14.4 Å². The molecule has 0 aliphatic rings. The van der Waals surface area contributed by atoms with Crippen LogP contribution in [-0.4, -0.2) is 41.0 Å². The quantitative estimate of drug-likeness (QED) is 0.474.